The van der Waals surface area contributed by atoms with Gasteiger partial charge in [0.05, 0.1) is 5.69 Å². The second-order valence-corrected chi connectivity index (χ2v) is 8.13. The number of hydrogen-bond donors (Lipinski definition) is 1. The van der Waals surface area contributed by atoms with E-state index in [0.717, 1.165) is 11.3 Å². The molecule has 4 heteroatoms. The van der Waals surface area contributed by atoms with Crippen molar-refractivity contribution < 1.29 is 4.79 Å². The van der Waals surface area contributed by atoms with Gasteiger partial charge < -0.3 is 5.32 Å². The quantitative estimate of drug-likeness (QED) is 0.889. The first-order valence-electron chi connectivity index (χ1n) is 7.57. The molecule has 116 valence electrons. The first kappa shape index (κ1) is 15.2. The Kier molecular flexibility index (Phi) is 3.40. The minimum Gasteiger partial charge on any atom is -0.302 e. The highest BCUT2D eigenvalue weighted by Gasteiger charge is 2.68. The van der Waals surface area contributed by atoms with Crippen LogP contribution in [0.1, 0.15) is 33.3 Å². The summed E-state index contributed by atoms with van der Waals surface area (Å²) in [5, 5.41) is 5.65. The van der Waals surface area contributed by atoms with E-state index in [9.17, 15) is 4.79 Å². The van der Waals surface area contributed by atoms with E-state index >= 15 is 0 Å². The number of rotatable bonds is 3. The van der Waals surface area contributed by atoms with Crippen LogP contribution in [0, 0.1) is 23.7 Å². The largest absolute Gasteiger partial charge is 0.302 e. The lowest BCUT2D eigenvalue weighted by molar-refractivity contribution is -0.118. The van der Waals surface area contributed by atoms with Crippen molar-refractivity contribution in [2.45, 2.75) is 34.6 Å². The van der Waals surface area contributed by atoms with Crippen LogP contribution in [0.5, 0.6) is 0 Å². The van der Waals surface area contributed by atoms with Gasteiger partial charge in [0.2, 0.25) is 5.91 Å². The van der Waals surface area contributed by atoms with Crippen LogP contribution in [-0.2, 0) is 4.79 Å². The van der Waals surface area contributed by atoms with E-state index in [-0.39, 0.29) is 22.7 Å². The first-order valence-corrected chi connectivity index (χ1v) is 8.45. The summed E-state index contributed by atoms with van der Waals surface area (Å²) < 4.78 is 0. The number of thiazole rings is 1. The van der Waals surface area contributed by atoms with Gasteiger partial charge in [0.25, 0.3) is 0 Å². The molecule has 1 aliphatic rings. The van der Waals surface area contributed by atoms with Crippen molar-refractivity contribution in [3.63, 3.8) is 0 Å². The Balaban J connectivity index is 1.73. The number of aromatic nitrogens is 1. The minimum absolute atomic E-state index is 0.0479. The third kappa shape index (κ3) is 2.35. The van der Waals surface area contributed by atoms with E-state index in [0.29, 0.717) is 5.13 Å². The molecular formula is C18H22N2OS. The molecule has 1 aromatic carbocycles. The average Bonchev–Trinajstić information content (AvgIpc) is 2.77. The van der Waals surface area contributed by atoms with Gasteiger partial charge in [-0.3, -0.25) is 4.79 Å². The molecule has 1 N–H and O–H groups in total. The Morgan fingerprint density at radius 3 is 2.27 bits per heavy atom. The molecule has 0 unspecified atom stereocenters. The molecule has 0 saturated heterocycles. The van der Waals surface area contributed by atoms with E-state index in [4.69, 9.17) is 0 Å². The number of nitrogens with zero attached hydrogens (tertiary/aromatic N) is 1. The van der Waals surface area contributed by atoms with E-state index in [2.05, 4.69) is 69.2 Å². The lowest BCUT2D eigenvalue weighted by Gasteiger charge is -2.03. The maximum Gasteiger partial charge on any atom is 0.230 e. The molecule has 1 heterocycles. The molecule has 0 aliphatic heterocycles. The molecule has 2 aromatic rings. The summed E-state index contributed by atoms with van der Waals surface area (Å²) in [6.45, 7) is 10.7. The van der Waals surface area contributed by atoms with Crippen LogP contribution >= 0.6 is 11.3 Å². The van der Waals surface area contributed by atoms with E-state index in [1.54, 1.807) is 0 Å². The Morgan fingerprint density at radius 2 is 1.73 bits per heavy atom. The SMILES string of the molecule is Cc1ccc(-c2csc(NC(=O)C3C(C)(C)C3(C)C)n2)cc1. The summed E-state index contributed by atoms with van der Waals surface area (Å²) in [5.41, 5.74) is 3.32. The predicted molar refractivity (Wildman–Crippen MR) is 92.0 cm³/mol. The molecule has 1 aromatic heterocycles. The zero-order valence-electron chi connectivity index (χ0n) is 13.7. The average molecular weight is 314 g/mol. The van der Waals surface area contributed by atoms with Gasteiger partial charge >= 0.3 is 0 Å². The van der Waals surface area contributed by atoms with Crippen molar-refractivity contribution in [3.8, 4) is 11.3 Å². The summed E-state index contributed by atoms with van der Waals surface area (Å²) in [4.78, 5) is 17.0. The van der Waals surface area contributed by atoms with Gasteiger partial charge in [-0.05, 0) is 17.8 Å². The first-order chi connectivity index (χ1) is 10.2. The van der Waals surface area contributed by atoms with Crippen LogP contribution in [0.4, 0.5) is 5.13 Å². The molecule has 1 fully saturated rings. The van der Waals surface area contributed by atoms with E-state index in [1.807, 2.05) is 5.38 Å². The van der Waals surface area contributed by atoms with Crippen molar-refractivity contribution in [3.05, 3.63) is 35.2 Å². The van der Waals surface area contributed by atoms with Crippen molar-refractivity contribution in [1.29, 1.82) is 0 Å². The number of aryl methyl sites for hydroxylation is 1. The zero-order chi connectivity index (χ0) is 16.1. The van der Waals surface area contributed by atoms with E-state index in [1.165, 1.54) is 16.9 Å². The molecule has 1 amide bonds. The number of benzene rings is 1. The van der Waals surface area contributed by atoms with Crippen molar-refractivity contribution in [2.75, 3.05) is 5.32 Å². The number of hydrogen-bond acceptors (Lipinski definition) is 3. The van der Waals surface area contributed by atoms with Gasteiger partial charge in [-0.25, -0.2) is 4.98 Å². The van der Waals surface area contributed by atoms with Gasteiger partial charge in [0, 0.05) is 16.9 Å². The number of carbonyl (C=O) groups excluding carboxylic acids is 1. The maximum atomic E-state index is 12.5. The van der Waals surface area contributed by atoms with Crippen LogP contribution in [-0.4, -0.2) is 10.9 Å². The summed E-state index contributed by atoms with van der Waals surface area (Å²) in [7, 11) is 0. The molecule has 22 heavy (non-hydrogen) atoms. The van der Waals surface area contributed by atoms with Gasteiger partial charge in [0.15, 0.2) is 5.13 Å². The van der Waals surface area contributed by atoms with Gasteiger partial charge in [-0.1, -0.05) is 57.5 Å². The maximum absolute atomic E-state index is 12.5. The fourth-order valence-corrected chi connectivity index (χ4v) is 3.94. The Labute approximate surface area is 135 Å². The molecule has 3 nitrogen and oxygen atoms in total. The van der Waals surface area contributed by atoms with Gasteiger partial charge in [-0.15, -0.1) is 11.3 Å². The number of anilines is 1. The number of amides is 1. The summed E-state index contributed by atoms with van der Waals surface area (Å²) >= 11 is 1.48. The summed E-state index contributed by atoms with van der Waals surface area (Å²) in [6, 6.07) is 8.26. The molecule has 0 atom stereocenters. The van der Waals surface area contributed by atoms with Gasteiger partial charge in [0.1, 0.15) is 0 Å². The number of carbonyl (C=O) groups is 1. The summed E-state index contributed by atoms with van der Waals surface area (Å²) in [6.07, 6.45) is 0. The molecule has 0 spiro atoms. The Bertz CT molecular complexity index is 699. The Morgan fingerprint density at radius 1 is 1.14 bits per heavy atom. The second-order valence-electron chi connectivity index (χ2n) is 7.27. The molecule has 3 rings (SSSR count). The molecule has 1 saturated carbocycles. The highest BCUT2D eigenvalue weighted by atomic mass is 32.1. The topological polar surface area (TPSA) is 42.0 Å². The van der Waals surface area contributed by atoms with Crippen molar-refractivity contribution >= 4 is 22.4 Å². The predicted octanol–water partition coefficient (Wildman–Crippen LogP) is 4.74. The standard InChI is InChI=1S/C18H22N2OS/c1-11-6-8-12(9-7-11)13-10-22-16(19-13)20-15(21)14-17(2,3)18(14,4)5/h6-10,14H,1-5H3,(H,19,20,21). The van der Waals surface area contributed by atoms with Crippen LogP contribution in [0.3, 0.4) is 0 Å². The van der Waals surface area contributed by atoms with Crippen molar-refractivity contribution in [2.24, 2.45) is 16.7 Å². The van der Waals surface area contributed by atoms with Crippen LogP contribution < -0.4 is 5.32 Å². The smallest absolute Gasteiger partial charge is 0.230 e. The van der Waals surface area contributed by atoms with Crippen LogP contribution in [0.25, 0.3) is 11.3 Å². The van der Waals surface area contributed by atoms with Crippen LogP contribution in [0.2, 0.25) is 0 Å². The molecule has 0 radical (unpaired) electrons. The zero-order valence-corrected chi connectivity index (χ0v) is 14.5. The second kappa shape index (κ2) is 4.92. The van der Waals surface area contributed by atoms with Gasteiger partial charge in [-0.2, -0.15) is 0 Å². The fourth-order valence-electron chi connectivity index (χ4n) is 3.22. The normalized spacial score (nSPS) is 19.0. The minimum atomic E-state index is 0.0479. The lowest BCUT2D eigenvalue weighted by atomic mass is 10.0. The molecule has 0 bridgehead atoms. The highest BCUT2D eigenvalue weighted by molar-refractivity contribution is 7.14. The third-order valence-corrected chi connectivity index (χ3v) is 6.12. The van der Waals surface area contributed by atoms with E-state index < -0.39 is 0 Å². The lowest BCUT2D eigenvalue weighted by Crippen LogP contribution is -2.17. The molecule has 1 aliphatic carbocycles. The monoisotopic (exact) mass is 314 g/mol. The Hall–Kier alpha value is -1.68. The summed E-state index contributed by atoms with van der Waals surface area (Å²) in [5.74, 6) is 0.131. The third-order valence-electron chi connectivity index (χ3n) is 5.36. The van der Waals surface area contributed by atoms with Crippen LogP contribution in [0.15, 0.2) is 29.6 Å². The fraction of sp³-hybridized carbons (Fsp3) is 0.444. The highest BCUT2D eigenvalue weighted by Crippen LogP contribution is 2.68. The molecular weight excluding hydrogens is 292 g/mol. The number of nitrogens with one attached hydrogen (secondary N) is 1. The van der Waals surface area contributed by atoms with Crippen molar-refractivity contribution in [1.82, 2.24) is 4.98 Å².